The summed E-state index contributed by atoms with van der Waals surface area (Å²) in [5, 5.41) is 0. The molecule has 0 unspecified atom stereocenters. The summed E-state index contributed by atoms with van der Waals surface area (Å²) in [6.07, 6.45) is 1.14. The Bertz CT molecular complexity index is 234. The van der Waals surface area contributed by atoms with Gasteiger partial charge in [-0.2, -0.15) is 0 Å². The van der Waals surface area contributed by atoms with Gasteiger partial charge in [0.05, 0.1) is 7.11 Å². The molecule has 2 nitrogen and oxygen atoms in total. The molecule has 0 heterocycles. The molecule has 0 saturated carbocycles. The van der Waals surface area contributed by atoms with E-state index in [1.54, 1.807) is 7.11 Å². The van der Waals surface area contributed by atoms with Gasteiger partial charge in [-0.1, -0.05) is 26.0 Å². The molecule has 1 aromatic rings. The van der Waals surface area contributed by atoms with Crippen molar-refractivity contribution in [3.63, 3.8) is 0 Å². The molecule has 0 aromatic heterocycles. The van der Waals surface area contributed by atoms with Gasteiger partial charge in [0.2, 0.25) is 0 Å². The molecular formula is C11H20ClNO. The van der Waals surface area contributed by atoms with Crippen molar-refractivity contribution < 1.29 is 4.74 Å². The minimum Gasteiger partial charge on any atom is -0.497 e. The van der Waals surface area contributed by atoms with Gasteiger partial charge in [-0.15, -0.1) is 12.4 Å². The Labute approximate surface area is 92.7 Å². The number of hydrogen-bond acceptors (Lipinski definition) is 2. The van der Waals surface area contributed by atoms with Crippen molar-refractivity contribution in [2.45, 2.75) is 20.3 Å². The van der Waals surface area contributed by atoms with Crippen molar-refractivity contribution in [3.8, 4) is 5.75 Å². The first-order valence-corrected chi connectivity index (χ1v) is 4.35. The van der Waals surface area contributed by atoms with Crippen molar-refractivity contribution in [2.75, 3.05) is 7.11 Å². The summed E-state index contributed by atoms with van der Waals surface area (Å²) < 4.78 is 5.07. The van der Waals surface area contributed by atoms with Crippen molar-refractivity contribution in [1.29, 1.82) is 0 Å². The fourth-order valence-electron chi connectivity index (χ4n) is 1.23. The third-order valence-corrected chi connectivity index (χ3v) is 1.80. The van der Waals surface area contributed by atoms with Gasteiger partial charge in [-0.05, 0) is 30.0 Å². The molecule has 0 aliphatic carbocycles. The van der Waals surface area contributed by atoms with Crippen LogP contribution in [0, 0.1) is 5.92 Å². The minimum atomic E-state index is 0. The molecule has 0 radical (unpaired) electrons. The van der Waals surface area contributed by atoms with Crippen molar-refractivity contribution in [2.24, 2.45) is 5.92 Å². The number of ether oxygens (including phenoxy) is 1. The first-order chi connectivity index (χ1) is 5.72. The maximum Gasteiger partial charge on any atom is 0.118 e. The van der Waals surface area contributed by atoms with Crippen molar-refractivity contribution in [1.82, 2.24) is 6.15 Å². The lowest BCUT2D eigenvalue weighted by atomic mass is 10.0. The normalized spacial score (nSPS) is 8.86. The summed E-state index contributed by atoms with van der Waals surface area (Å²) in [5.41, 5.74) is 1.38. The highest BCUT2D eigenvalue weighted by Gasteiger charge is 1.97. The van der Waals surface area contributed by atoms with Crippen LogP contribution in [-0.4, -0.2) is 7.11 Å². The Morgan fingerprint density at radius 3 is 2.00 bits per heavy atom. The average Bonchev–Trinajstić information content (AvgIpc) is 2.05. The first kappa shape index (κ1) is 15.7. The Balaban J connectivity index is 0. The molecule has 3 heteroatoms. The molecule has 0 spiro atoms. The van der Waals surface area contributed by atoms with E-state index in [-0.39, 0.29) is 18.6 Å². The van der Waals surface area contributed by atoms with Gasteiger partial charge in [-0.25, -0.2) is 0 Å². The Morgan fingerprint density at radius 1 is 1.14 bits per heavy atom. The van der Waals surface area contributed by atoms with Crippen LogP contribution in [0.15, 0.2) is 24.3 Å². The highest BCUT2D eigenvalue weighted by atomic mass is 35.5. The van der Waals surface area contributed by atoms with Gasteiger partial charge in [0.1, 0.15) is 5.75 Å². The molecule has 0 fully saturated rings. The summed E-state index contributed by atoms with van der Waals surface area (Å²) in [6, 6.07) is 8.27. The molecule has 82 valence electrons. The van der Waals surface area contributed by atoms with Crippen LogP contribution in [-0.2, 0) is 6.42 Å². The van der Waals surface area contributed by atoms with Crippen LogP contribution in [0.1, 0.15) is 19.4 Å². The molecule has 14 heavy (non-hydrogen) atoms. The quantitative estimate of drug-likeness (QED) is 0.843. The highest BCUT2D eigenvalue weighted by molar-refractivity contribution is 5.85. The Hall–Kier alpha value is -0.730. The number of benzene rings is 1. The van der Waals surface area contributed by atoms with Gasteiger partial charge in [0.25, 0.3) is 0 Å². The summed E-state index contributed by atoms with van der Waals surface area (Å²) in [5.74, 6) is 1.65. The number of methoxy groups -OCH3 is 1. The lowest BCUT2D eigenvalue weighted by Gasteiger charge is -2.05. The topological polar surface area (TPSA) is 44.2 Å². The van der Waals surface area contributed by atoms with E-state index in [2.05, 4.69) is 26.0 Å². The zero-order valence-corrected chi connectivity index (χ0v) is 9.93. The van der Waals surface area contributed by atoms with Crippen LogP contribution < -0.4 is 10.9 Å². The number of hydrogen-bond donors (Lipinski definition) is 1. The average molecular weight is 218 g/mol. The minimum absolute atomic E-state index is 0. The fraction of sp³-hybridized carbons (Fsp3) is 0.455. The summed E-state index contributed by atoms with van der Waals surface area (Å²) >= 11 is 0. The molecule has 0 aliphatic heterocycles. The molecular weight excluding hydrogens is 198 g/mol. The summed E-state index contributed by atoms with van der Waals surface area (Å²) in [4.78, 5) is 0. The zero-order chi connectivity index (χ0) is 8.97. The second kappa shape index (κ2) is 7.65. The smallest absolute Gasteiger partial charge is 0.118 e. The first-order valence-electron chi connectivity index (χ1n) is 4.35. The molecule has 1 aromatic carbocycles. The summed E-state index contributed by atoms with van der Waals surface area (Å²) in [6.45, 7) is 4.45. The summed E-state index contributed by atoms with van der Waals surface area (Å²) in [7, 11) is 1.69. The predicted octanol–water partition coefficient (Wildman–Crippen LogP) is 3.48. The van der Waals surface area contributed by atoms with E-state index in [1.165, 1.54) is 5.56 Å². The Morgan fingerprint density at radius 2 is 1.64 bits per heavy atom. The monoisotopic (exact) mass is 217 g/mol. The highest BCUT2D eigenvalue weighted by Crippen LogP contribution is 2.13. The standard InChI is InChI=1S/C11H16O.ClH.H3N/c1-9(2)8-10-4-6-11(12-3)7-5-10;;/h4-7,9H,8H2,1-3H3;1H;1H3. The van der Waals surface area contributed by atoms with E-state index in [0.717, 1.165) is 18.1 Å². The Kier molecular flexibility index (Phi) is 8.60. The van der Waals surface area contributed by atoms with Crippen LogP contribution in [0.25, 0.3) is 0 Å². The molecule has 3 N–H and O–H groups in total. The van der Waals surface area contributed by atoms with Crippen molar-refractivity contribution in [3.05, 3.63) is 29.8 Å². The van der Waals surface area contributed by atoms with Crippen LogP contribution in [0.5, 0.6) is 5.75 Å². The SMILES string of the molecule is COc1ccc(CC(C)C)cc1.Cl.N. The maximum atomic E-state index is 5.07. The second-order valence-electron chi connectivity index (χ2n) is 3.45. The van der Waals surface area contributed by atoms with Crippen LogP contribution in [0.3, 0.4) is 0 Å². The third-order valence-electron chi connectivity index (χ3n) is 1.80. The van der Waals surface area contributed by atoms with E-state index in [0.29, 0.717) is 0 Å². The van der Waals surface area contributed by atoms with Crippen molar-refractivity contribution >= 4 is 12.4 Å². The van der Waals surface area contributed by atoms with E-state index in [9.17, 15) is 0 Å². The zero-order valence-electron chi connectivity index (χ0n) is 9.12. The number of halogens is 1. The van der Waals surface area contributed by atoms with Gasteiger partial charge in [-0.3, -0.25) is 0 Å². The van der Waals surface area contributed by atoms with Gasteiger partial charge in [0.15, 0.2) is 0 Å². The molecule has 0 atom stereocenters. The van der Waals surface area contributed by atoms with E-state index < -0.39 is 0 Å². The molecule has 0 aliphatic rings. The molecule has 0 amide bonds. The van der Waals surface area contributed by atoms with Gasteiger partial charge >= 0.3 is 0 Å². The fourth-order valence-corrected chi connectivity index (χ4v) is 1.23. The predicted molar refractivity (Wildman–Crippen MR) is 63.8 cm³/mol. The largest absolute Gasteiger partial charge is 0.497 e. The lowest BCUT2D eigenvalue weighted by Crippen LogP contribution is -1.93. The molecule has 0 bridgehead atoms. The van der Waals surface area contributed by atoms with Crippen LogP contribution in [0.4, 0.5) is 0 Å². The van der Waals surface area contributed by atoms with Crippen LogP contribution in [0.2, 0.25) is 0 Å². The third kappa shape index (κ3) is 5.10. The molecule has 0 saturated heterocycles. The molecule has 1 rings (SSSR count). The number of rotatable bonds is 3. The van der Waals surface area contributed by atoms with E-state index in [4.69, 9.17) is 4.74 Å². The van der Waals surface area contributed by atoms with E-state index in [1.807, 2.05) is 12.1 Å². The van der Waals surface area contributed by atoms with Crippen LogP contribution >= 0.6 is 12.4 Å². The van der Waals surface area contributed by atoms with Gasteiger partial charge in [0, 0.05) is 0 Å². The lowest BCUT2D eigenvalue weighted by molar-refractivity contribution is 0.414. The maximum absolute atomic E-state index is 5.07. The van der Waals surface area contributed by atoms with E-state index >= 15 is 0 Å². The second-order valence-corrected chi connectivity index (χ2v) is 3.45. The van der Waals surface area contributed by atoms with Gasteiger partial charge < -0.3 is 10.9 Å².